The van der Waals surface area contributed by atoms with E-state index in [9.17, 15) is 4.79 Å². The third-order valence-corrected chi connectivity index (χ3v) is 4.92. The van der Waals surface area contributed by atoms with E-state index in [0.717, 1.165) is 10.8 Å². The number of carbonyl (C=O) groups is 1. The fourth-order valence-electron chi connectivity index (χ4n) is 2.61. The molecule has 6 nitrogen and oxygen atoms in total. The number of aryl methyl sites for hydroxylation is 2. The van der Waals surface area contributed by atoms with Crippen LogP contribution in [0.3, 0.4) is 0 Å². The molecule has 1 aliphatic carbocycles. The number of anilines is 1. The smallest absolute Gasteiger partial charge is 0.277 e. The van der Waals surface area contributed by atoms with E-state index in [0.29, 0.717) is 17.6 Å². The summed E-state index contributed by atoms with van der Waals surface area (Å²) in [6, 6.07) is 0. The van der Waals surface area contributed by atoms with Gasteiger partial charge in [0.05, 0.1) is 5.01 Å². The second-order valence-electron chi connectivity index (χ2n) is 5.47. The van der Waals surface area contributed by atoms with Crippen LogP contribution in [-0.4, -0.2) is 25.7 Å². The van der Waals surface area contributed by atoms with Gasteiger partial charge in [0.25, 0.3) is 5.91 Å². The molecule has 1 amide bonds. The third-order valence-electron chi connectivity index (χ3n) is 3.92. The minimum atomic E-state index is -0.237. The van der Waals surface area contributed by atoms with Gasteiger partial charge in [-0.25, -0.2) is 4.98 Å². The predicted molar refractivity (Wildman–Crippen MR) is 81.6 cm³/mol. The highest BCUT2D eigenvalue weighted by Gasteiger charge is 2.21. The number of aromatic nitrogens is 4. The minimum Gasteiger partial charge on any atom is -0.288 e. The zero-order chi connectivity index (χ0) is 14.8. The molecule has 112 valence electrons. The molecule has 0 saturated heterocycles. The monoisotopic (exact) mass is 305 g/mol. The van der Waals surface area contributed by atoms with Gasteiger partial charge >= 0.3 is 0 Å². The zero-order valence-electron chi connectivity index (χ0n) is 12.3. The second kappa shape index (κ2) is 5.93. The van der Waals surface area contributed by atoms with Crippen LogP contribution in [0.4, 0.5) is 5.95 Å². The number of nitrogens with zero attached hydrogens (tertiary/aromatic N) is 4. The molecule has 1 aliphatic rings. The summed E-state index contributed by atoms with van der Waals surface area (Å²) in [5.74, 6) is 1.37. The first-order chi connectivity index (χ1) is 10.1. The molecule has 2 aromatic rings. The standard InChI is InChI=1S/C14H19N5OS/c1-9-15-14(18-19(9)2)17-12(20)11-8-21-13(16-11)10-6-4-3-5-7-10/h8,10H,3-7H2,1-2H3,(H,17,18,20). The quantitative estimate of drug-likeness (QED) is 0.946. The Morgan fingerprint density at radius 1 is 1.33 bits per heavy atom. The molecule has 2 aromatic heterocycles. The van der Waals surface area contributed by atoms with Crippen LogP contribution in [0.25, 0.3) is 0 Å². The SMILES string of the molecule is Cc1nc(NC(=O)c2csc(C3CCCCC3)n2)nn1C. The van der Waals surface area contributed by atoms with Crippen LogP contribution < -0.4 is 5.32 Å². The lowest BCUT2D eigenvalue weighted by atomic mass is 9.90. The minimum absolute atomic E-state index is 0.237. The number of nitrogens with one attached hydrogen (secondary N) is 1. The molecule has 2 heterocycles. The number of hydrogen-bond acceptors (Lipinski definition) is 5. The molecule has 21 heavy (non-hydrogen) atoms. The molecule has 7 heteroatoms. The van der Waals surface area contributed by atoms with E-state index in [1.54, 1.807) is 23.1 Å². The topological polar surface area (TPSA) is 72.7 Å². The Morgan fingerprint density at radius 2 is 2.10 bits per heavy atom. The van der Waals surface area contributed by atoms with Crippen LogP contribution in [0, 0.1) is 6.92 Å². The molecule has 0 spiro atoms. The van der Waals surface area contributed by atoms with Crippen LogP contribution in [0.2, 0.25) is 0 Å². The Kier molecular flexibility index (Phi) is 4.01. The first-order valence-corrected chi connectivity index (χ1v) is 8.16. The first-order valence-electron chi connectivity index (χ1n) is 7.28. The highest BCUT2D eigenvalue weighted by atomic mass is 32.1. The van der Waals surface area contributed by atoms with Crippen molar-refractivity contribution in [1.29, 1.82) is 0 Å². The van der Waals surface area contributed by atoms with Crippen LogP contribution >= 0.6 is 11.3 Å². The van der Waals surface area contributed by atoms with Crippen molar-refractivity contribution in [2.24, 2.45) is 7.05 Å². The fourth-order valence-corrected chi connectivity index (χ4v) is 3.58. The molecule has 0 atom stereocenters. The molecule has 1 N–H and O–H groups in total. The number of amides is 1. The van der Waals surface area contributed by atoms with Gasteiger partial charge in [-0.15, -0.1) is 16.4 Å². The maximum absolute atomic E-state index is 12.2. The largest absolute Gasteiger partial charge is 0.288 e. The maximum atomic E-state index is 12.2. The van der Waals surface area contributed by atoms with Crippen LogP contribution in [0.5, 0.6) is 0 Å². The molecule has 1 fully saturated rings. The number of carbonyl (C=O) groups excluding carboxylic acids is 1. The van der Waals surface area contributed by atoms with E-state index in [-0.39, 0.29) is 5.91 Å². The van der Waals surface area contributed by atoms with Gasteiger partial charge < -0.3 is 0 Å². The molecule has 0 bridgehead atoms. The highest BCUT2D eigenvalue weighted by Crippen LogP contribution is 2.34. The summed E-state index contributed by atoms with van der Waals surface area (Å²) >= 11 is 1.59. The molecule has 0 radical (unpaired) electrons. The summed E-state index contributed by atoms with van der Waals surface area (Å²) in [6.45, 7) is 1.84. The fraction of sp³-hybridized carbons (Fsp3) is 0.571. The van der Waals surface area contributed by atoms with E-state index in [1.165, 1.54) is 32.1 Å². The summed E-state index contributed by atoms with van der Waals surface area (Å²) in [5, 5.41) is 9.74. The number of thiazole rings is 1. The van der Waals surface area contributed by atoms with Gasteiger partial charge in [-0.1, -0.05) is 19.3 Å². The summed E-state index contributed by atoms with van der Waals surface area (Å²) < 4.78 is 1.63. The molecule has 3 rings (SSSR count). The highest BCUT2D eigenvalue weighted by molar-refractivity contribution is 7.09. The van der Waals surface area contributed by atoms with Gasteiger partial charge in [0.2, 0.25) is 5.95 Å². The second-order valence-corrected chi connectivity index (χ2v) is 6.36. The van der Waals surface area contributed by atoms with Crippen molar-refractivity contribution in [3.8, 4) is 0 Å². The molecule has 1 saturated carbocycles. The van der Waals surface area contributed by atoms with Crippen LogP contribution in [0.15, 0.2) is 5.38 Å². The summed E-state index contributed by atoms with van der Waals surface area (Å²) in [6.07, 6.45) is 6.23. The Labute approximate surface area is 127 Å². The third kappa shape index (κ3) is 3.12. The van der Waals surface area contributed by atoms with Crippen molar-refractivity contribution in [3.05, 3.63) is 21.9 Å². The maximum Gasteiger partial charge on any atom is 0.277 e. The van der Waals surface area contributed by atoms with Crippen molar-refractivity contribution in [2.45, 2.75) is 44.9 Å². The summed E-state index contributed by atoms with van der Waals surface area (Å²) in [5.41, 5.74) is 0.464. The molecular weight excluding hydrogens is 286 g/mol. The van der Waals surface area contributed by atoms with Gasteiger partial charge in [-0.3, -0.25) is 14.8 Å². The lowest BCUT2D eigenvalue weighted by molar-refractivity contribution is 0.102. The Hall–Kier alpha value is -1.76. The molecule has 0 aromatic carbocycles. The Bertz CT molecular complexity index is 622. The molecule has 0 unspecified atom stereocenters. The summed E-state index contributed by atoms with van der Waals surface area (Å²) in [4.78, 5) is 20.8. The normalized spacial score (nSPS) is 16.1. The van der Waals surface area contributed by atoms with Crippen molar-refractivity contribution in [2.75, 3.05) is 5.32 Å². The number of rotatable bonds is 3. The Morgan fingerprint density at radius 3 is 2.76 bits per heavy atom. The van der Waals surface area contributed by atoms with Gasteiger partial charge in [0, 0.05) is 18.3 Å². The van der Waals surface area contributed by atoms with E-state index < -0.39 is 0 Å². The zero-order valence-corrected chi connectivity index (χ0v) is 13.1. The molecule has 0 aliphatic heterocycles. The average molecular weight is 305 g/mol. The lowest BCUT2D eigenvalue weighted by Crippen LogP contribution is -2.14. The van der Waals surface area contributed by atoms with Crippen molar-refractivity contribution >= 4 is 23.2 Å². The lowest BCUT2D eigenvalue weighted by Gasteiger charge is -2.18. The van der Waals surface area contributed by atoms with E-state index >= 15 is 0 Å². The van der Waals surface area contributed by atoms with Crippen molar-refractivity contribution in [1.82, 2.24) is 19.7 Å². The van der Waals surface area contributed by atoms with Gasteiger partial charge in [0.15, 0.2) is 0 Å². The van der Waals surface area contributed by atoms with E-state index in [1.807, 2.05) is 12.3 Å². The van der Waals surface area contributed by atoms with Crippen LogP contribution in [0.1, 0.15) is 59.3 Å². The average Bonchev–Trinajstić information content (AvgIpc) is 3.08. The first kappa shape index (κ1) is 14.2. The predicted octanol–water partition coefficient (Wildman–Crippen LogP) is 2.88. The van der Waals surface area contributed by atoms with Gasteiger partial charge in [-0.05, 0) is 19.8 Å². The van der Waals surface area contributed by atoms with E-state index in [2.05, 4.69) is 20.4 Å². The van der Waals surface area contributed by atoms with Gasteiger partial charge in [-0.2, -0.15) is 4.98 Å². The molecular formula is C14H19N5OS. The number of hydrogen-bond donors (Lipinski definition) is 1. The van der Waals surface area contributed by atoms with Gasteiger partial charge in [0.1, 0.15) is 11.5 Å². The summed E-state index contributed by atoms with van der Waals surface area (Å²) in [7, 11) is 1.79. The van der Waals surface area contributed by atoms with E-state index in [4.69, 9.17) is 0 Å². The van der Waals surface area contributed by atoms with Crippen LogP contribution in [-0.2, 0) is 7.05 Å². The Balaban J connectivity index is 1.68. The van der Waals surface area contributed by atoms with Crippen molar-refractivity contribution in [3.63, 3.8) is 0 Å². The van der Waals surface area contributed by atoms with Crippen molar-refractivity contribution < 1.29 is 4.79 Å².